The smallest absolute Gasteiger partial charge is 0.110 e. The van der Waals surface area contributed by atoms with Gasteiger partial charge in [0.05, 0.1) is 16.1 Å². The molecule has 1 aromatic heterocycles. The molecule has 0 bridgehead atoms. The van der Waals surface area contributed by atoms with Crippen molar-refractivity contribution in [3.05, 3.63) is 29.0 Å². The van der Waals surface area contributed by atoms with Gasteiger partial charge in [-0.3, -0.25) is 0 Å². The SMILES string of the molecule is CCn1c(CC(C)CN)nc2cccc(Cl)c21. The summed E-state index contributed by atoms with van der Waals surface area (Å²) in [7, 11) is 0. The lowest BCUT2D eigenvalue weighted by atomic mass is 10.1. The van der Waals surface area contributed by atoms with Gasteiger partial charge in [-0.05, 0) is 31.5 Å². The second-order valence-electron chi connectivity index (χ2n) is 4.42. The van der Waals surface area contributed by atoms with Crippen LogP contribution >= 0.6 is 11.6 Å². The molecule has 1 heterocycles. The van der Waals surface area contributed by atoms with Crippen molar-refractivity contribution in [3.8, 4) is 0 Å². The van der Waals surface area contributed by atoms with Gasteiger partial charge >= 0.3 is 0 Å². The van der Waals surface area contributed by atoms with Crippen LogP contribution in [0.3, 0.4) is 0 Å². The van der Waals surface area contributed by atoms with Crippen molar-refractivity contribution in [2.75, 3.05) is 6.54 Å². The topological polar surface area (TPSA) is 43.8 Å². The molecule has 0 saturated carbocycles. The van der Waals surface area contributed by atoms with Crippen LogP contribution in [-0.2, 0) is 13.0 Å². The molecule has 1 aromatic carbocycles. The van der Waals surface area contributed by atoms with Crippen LogP contribution in [0.5, 0.6) is 0 Å². The van der Waals surface area contributed by atoms with E-state index in [2.05, 4.69) is 23.4 Å². The first kappa shape index (κ1) is 12.4. The minimum Gasteiger partial charge on any atom is -0.330 e. The van der Waals surface area contributed by atoms with E-state index < -0.39 is 0 Å². The van der Waals surface area contributed by atoms with Crippen LogP contribution in [0.2, 0.25) is 5.02 Å². The monoisotopic (exact) mass is 251 g/mol. The summed E-state index contributed by atoms with van der Waals surface area (Å²) in [6.07, 6.45) is 0.898. The van der Waals surface area contributed by atoms with Crippen LogP contribution in [-0.4, -0.2) is 16.1 Å². The number of hydrogen-bond acceptors (Lipinski definition) is 2. The fourth-order valence-corrected chi connectivity index (χ4v) is 2.35. The zero-order chi connectivity index (χ0) is 12.4. The molecule has 2 N–H and O–H groups in total. The molecule has 0 aliphatic rings. The van der Waals surface area contributed by atoms with Gasteiger partial charge in [0.2, 0.25) is 0 Å². The predicted molar refractivity (Wildman–Crippen MR) is 72.3 cm³/mol. The van der Waals surface area contributed by atoms with Gasteiger partial charge in [-0.25, -0.2) is 4.98 Å². The first-order valence-electron chi connectivity index (χ1n) is 6.01. The van der Waals surface area contributed by atoms with Crippen molar-refractivity contribution in [3.63, 3.8) is 0 Å². The van der Waals surface area contributed by atoms with Crippen molar-refractivity contribution in [1.29, 1.82) is 0 Å². The molecule has 2 rings (SSSR count). The Morgan fingerprint density at radius 2 is 2.24 bits per heavy atom. The third kappa shape index (κ3) is 2.31. The van der Waals surface area contributed by atoms with E-state index in [0.717, 1.165) is 34.8 Å². The number of halogens is 1. The van der Waals surface area contributed by atoms with Crippen molar-refractivity contribution < 1.29 is 0 Å². The van der Waals surface area contributed by atoms with Crippen LogP contribution in [0.4, 0.5) is 0 Å². The average molecular weight is 252 g/mol. The number of nitrogens with zero attached hydrogens (tertiary/aromatic N) is 2. The molecule has 0 aliphatic heterocycles. The summed E-state index contributed by atoms with van der Waals surface area (Å²) in [5.74, 6) is 1.52. The average Bonchev–Trinajstić information content (AvgIpc) is 2.67. The zero-order valence-electron chi connectivity index (χ0n) is 10.3. The summed E-state index contributed by atoms with van der Waals surface area (Å²) in [5.41, 5.74) is 7.68. The Kier molecular flexibility index (Phi) is 3.69. The first-order chi connectivity index (χ1) is 8.17. The second-order valence-corrected chi connectivity index (χ2v) is 4.83. The van der Waals surface area contributed by atoms with Gasteiger partial charge in [0.15, 0.2) is 0 Å². The Bertz CT molecular complexity index is 519. The molecule has 92 valence electrons. The van der Waals surface area contributed by atoms with E-state index in [9.17, 15) is 0 Å². The van der Waals surface area contributed by atoms with E-state index in [1.54, 1.807) is 0 Å². The molecule has 0 fully saturated rings. The van der Waals surface area contributed by atoms with Crippen LogP contribution in [0.25, 0.3) is 11.0 Å². The number of aryl methyl sites for hydroxylation is 1. The highest BCUT2D eigenvalue weighted by atomic mass is 35.5. The van der Waals surface area contributed by atoms with E-state index in [-0.39, 0.29) is 0 Å². The van der Waals surface area contributed by atoms with E-state index in [1.165, 1.54) is 0 Å². The first-order valence-corrected chi connectivity index (χ1v) is 6.38. The number of rotatable bonds is 4. The van der Waals surface area contributed by atoms with Gasteiger partial charge in [0, 0.05) is 13.0 Å². The molecule has 0 aliphatic carbocycles. The molecular formula is C13H18ClN3. The Morgan fingerprint density at radius 3 is 2.88 bits per heavy atom. The van der Waals surface area contributed by atoms with Gasteiger partial charge in [-0.1, -0.05) is 24.6 Å². The lowest BCUT2D eigenvalue weighted by molar-refractivity contribution is 0.553. The zero-order valence-corrected chi connectivity index (χ0v) is 11.0. The molecular weight excluding hydrogens is 234 g/mol. The Balaban J connectivity index is 2.53. The fraction of sp³-hybridized carbons (Fsp3) is 0.462. The van der Waals surface area contributed by atoms with Crippen molar-refractivity contribution in [2.45, 2.75) is 26.8 Å². The van der Waals surface area contributed by atoms with Crippen molar-refractivity contribution >= 4 is 22.6 Å². The van der Waals surface area contributed by atoms with Gasteiger partial charge in [0.1, 0.15) is 5.82 Å². The second kappa shape index (κ2) is 5.07. The summed E-state index contributed by atoms with van der Waals surface area (Å²) in [6, 6.07) is 5.85. The molecule has 1 atom stereocenters. The molecule has 1 unspecified atom stereocenters. The number of para-hydroxylation sites is 1. The number of imidazole rings is 1. The highest BCUT2D eigenvalue weighted by Crippen LogP contribution is 2.25. The summed E-state index contributed by atoms with van der Waals surface area (Å²) < 4.78 is 2.18. The van der Waals surface area contributed by atoms with Crippen LogP contribution < -0.4 is 5.73 Å². The largest absolute Gasteiger partial charge is 0.330 e. The Labute approximate surface area is 107 Å². The number of aromatic nitrogens is 2. The third-order valence-electron chi connectivity index (χ3n) is 3.05. The van der Waals surface area contributed by atoms with Gasteiger partial charge in [0.25, 0.3) is 0 Å². The van der Waals surface area contributed by atoms with Crippen LogP contribution in [0.1, 0.15) is 19.7 Å². The van der Waals surface area contributed by atoms with E-state index >= 15 is 0 Å². The molecule has 0 amide bonds. The summed E-state index contributed by atoms with van der Waals surface area (Å²) >= 11 is 6.24. The van der Waals surface area contributed by atoms with Crippen molar-refractivity contribution in [2.24, 2.45) is 11.7 Å². The third-order valence-corrected chi connectivity index (χ3v) is 3.35. The number of benzene rings is 1. The van der Waals surface area contributed by atoms with Crippen LogP contribution in [0.15, 0.2) is 18.2 Å². The summed E-state index contributed by atoms with van der Waals surface area (Å²) in [6.45, 7) is 5.82. The van der Waals surface area contributed by atoms with Gasteiger partial charge in [-0.2, -0.15) is 0 Å². The maximum absolute atomic E-state index is 6.24. The highest BCUT2D eigenvalue weighted by Gasteiger charge is 2.13. The normalized spacial score (nSPS) is 13.2. The number of nitrogens with two attached hydrogens (primary N) is 1. The maximum atomic E-state index is 6.24. The number of hydrogen-bond donors (Lipinski definition) is 1. The number of fused-ring (bicyclic) bond motifs is 1. The maximum Gasteiger partial charge on any atom is 0.110 e. The molecule has 17 heavy (non-hydrogen) atoms. The Morgan fingerprint density at radius 1 is 1.47 bits per heavy atom. The van der Waals surface area contributed by atoms with Crippen LogP contribution in [0, 0.1) is 5.92 Å². The molecule has 0 saturated heterocycles. The Hall–Kier alpha value is -1.06. The minimum absolute atomic E-state index is 0.441. The van der Waals surface area contributed by atoms with E-state index in [0.29, 0.717) is 12.5 Å². The summed E-state index contributed by atoms with van der Waals surface area (Å²) in [5, 5.41) is 0.767. The van der Waals surface area contributed by atoms with E-state index in [4.69, 9.17) is 17.3 Å². The minimum atomic E-state index is 0.441. The standard InChI is InChI=1S/C13H18ClN3/c1-3-17-12(7-9(2)8-15)16-11-6-4-5-10(14)13(11)17/h4-6,9H,3,7-8,15H2,1-2H3. The molecule has 3 nitrogen and oxygen atoms in total. The highest BCUT2D eigenvalue weighted by molar-refractivity contribution is 6.35. The van der Waals surface area contributed by atoms with Gasteiger partial charge in [-0.15, -0.1) is 0 Å². The summed E-state index contributed by atoms with van der Waals surface area (Å²) in [4.78, 5) is 4.66. The molecule has 4 heteroatoms. The molecule has 0 radical (unpaired) electrons. The lowest BCUT2D eigenvalue weighted by Gasteiger charge is -2.10. The fourth-order valence-electron chi connectivity index (χ4n) is 2.08. The van der Waals surface area contributed by atoms with Crippen molar-refractivity contribution in [1.82, 2.24) is 9.55 Å². The van der Waals surface area contributed by atoms with E-state index in [1.807, 2.05) is 18.2 Å². The lowest BCUT2D eigenvalue weighted by Crippen LogP contribution is -2.16. The van der Waals surface area contributed by atoms with Gasteiger partial charge < -0.3 is 10.3 Å². The molecule has 2 aromatic rings. The predicted octanol–water partition coefficient (Wildman–Crippen LogP) is 2.85. The quantitative estimate of drug-likeness (QED) is 0.908. The molecule has 0 spiro atoms.